The molecule has 0 spiro atoms. The fourth-order valence-electron chi connectivity index (χ4n) is 2.23. The van der Waals surface area contributed by atoms with Crippen molar-refractivity contribution in [1.29, 1.82) is 0 Å². The minimum atomic E-state index is -0.875. The van der Waals surface area contributed by atoms with Gasteiger partial charge in [0.15, 0.2) is 0 Å². The normalized spacial score (nSPS) is 10.5. The smallest absolute Gasteiger partial charge is 0.478 e. The van der Waals surface area contributed by atoms with Gasteiger partial charge in [-0.15, -0.1) is 0 Å². The molecule has 28 heavy (non-hydrogen) atoms. The number of aromatic carboxylic acids is 2. The van der Waals surface area contributed by atoms with Crippen molar-refractivity contribution >= 4 is 46.7 Å². The zero-order chi connectivity index (χ0) is 20.1. The Balaban J connectivity index is 0. The molecule has 2 N–H and O–H groups in total. The molecule has 0 saturated carbocycles. The molecule has 0 bridgehead atoms. The minimum absolute atomic E-state index is 0. The van der Waals surface area contributed by atoms with Gasteiger partial charge in [0.05, 0.1) is 11.1 Å². The summed E-state index contributed by atoms with van der Waals surface area (Å²) >= 11 is 0. The molecule has 0 aliphatic rings. The number of carbonyl (C=O) groups is 2. The maximum atomic E-state index is 10.6. The fraction of sp³-hybridized carbons (Fsp3) is 0.364. The molecule has 0 aromatic heterocycles. The van der Waals surface area contributed by atoms with Crippen LogP contribution in [-0.2, 0) is 10.8 Å². The van der Waals surface area contributed by atoms with Gasteiger partial charge in [-0.05, 0) is 46.2 Å². The van der Waals surface area contributed by atoms with Crippen LogP contribution in [-0.4, -0.2) is 56.9 Å². The van der Waals surface area contributed by atoms with Crippen molar-refractivity contribution in [3.63, 3.8) is 0 Å². The number of carboxylic acid groups (broad SMARTS) is 2. The van der Waals surface area contributed by atoms with Crippen LogP contribution in [0.4, 0.5) is 0 Å². The maximum Gasteiger partial charge on any atom is 3.00 e. The molecule has 2 aromatic rings. The zero-order valence-electron chi connectivity index (χ0n) is 17.5. The Labute approximate surface area is 189 Å². The summed E-state index contributed by atoms with van der Waals surface area (Å²) in [6.07, 6.45) is 0. The quantitative estimate of drug-likeness (QED) is 0.710. The topological polar surface area (TPSA) is 74.6 Å². The van der Waals surface area contributed by atoms with E-state index in [1.165, 1.54) is 0 Å². The molecule has 140 valence electrons. The van der Waals surface area contributed by atoms with E-state index >= 15 is 0 Å². The number of hydrogen-bond acceptors (Lipinski definition) is 2. The van der Waals surface area contributed by atoms with Gasteiger partial charge in [0.2, 0.25) is 0 Å². The molecule has 0 aliphatic carbocycles. The number of hydrogen-bond donors (Lipinski definition) is 2. The van der Waals surface area contributed by atoms with E-state index < -0.39 is 11.9 Å². The van der Waals surface area contributed by atoms with Crippen molar-refractivity contribution in [3.05, 3.63) is 70.8 Å². The standard InChI is InChI=1S/2C11H14O2.2Al/c2*1-11(2,3)9-6-4-8(5-7-9)10(12)13;;/h2*4-7H,1-3H3,(H,12,13);;/q;;2*+3. The molecule has 0 saturated heterocycles. The van der Waals surface area contributed by atoms with Gasteiger partial charge in [0.25, 0.3) is 0 Å². The Kier molecular flexibility index (Phi) is 11.7. The summed E-state index contributed by atoms with van der Waals surface area (Å²) in [6, 6.07) is 14.0. The maximum absolute atomic E-state index is 10.6. The van der Waals surface area contributed by atoms with E-state index in [0.717, 1.165) is 11.1 Å². The van der Waals surface area contributed by atoms with Gasteiger partial charge in [-0.2, -0.15) is 0 Å². The molecule has 0 aliphatic heterocycles. The fourth-order valence-corrected chi connectivity index (χ4v) is 2.23. The van der Waals surface area contributed by atoms with Crippen LogP contribution in [0.15, 0.2) is 48.5 Å². The molecule has 0 radical (unpaired) electrons. The molecule has 0 fully saturated rings. The Morgan fingerprint density at radius 2 is 0.786 bits per heavy atom. The third-order valence-electron chi connectivity index (χ3n) is 4.00. The SMILES string of the molecule is CC(C)(C)c1ccc(C(=O)O)cc1.CC(C)(C)c1ccc(C(=O)O)cc1.[Al+3].[Al+3]. The van der Waals surface area contributed by atoms with Crippen LogP contribution in [0, 0.1) is 0 Å². The predicted molar refractivity (Wildman–Crippen MR) is 116 cm³/mol. The van der Waals surface area contributed by atoms with Crippen molar-refractivity contribution in [3.8, 4) is 0 Å². The summed E-state index contributed by atoms with van der Waals surface area (Å²) in [4.78, 5) is 21.1. The van der Waals surface area contributed by atoms with Crippen molar-refractivity contribution < 1.29 is 19.8 Å². The first-order valence-electron chi connectivity index (χ1n) is 8.50. The van der Waals surface area contributed by atoms with E-state index in [2.05, 4.69) is 41.5 Å². The van der Waals surface area contributed by atoms with Gasteiger partial charge in [0, 0.05) is 0 Å². The molecule has 0 atom stereocenters. The van der Waals surface area contributed by atoms with Gasteiger partial charge in [-0.3, -0.25) is 0 Å². The van der Waals surface area contributed by atoms with Crippen LogP contribution in [0.3, 0.4) is 0 Å². The molecule has 4 nitrogen and oxygen atoms in total. The second-order valence-electron chi connectivity index (χ2n) is 8.27. The van der Waals surface area contributed by atoms with E-state index in [0.29, 0.717) is 11.1 Å². The molecular formula is C22H28Al2O4+6. The van der Waals surface area contributed by atoms with Crippen LogP contribution in [0.2, 0.25) is 0 Å². The first-order valence-corrected chi connectivity index (χ1v) is 8.50. The van der Waals surface area contributed by atoms with Crippen molar-refractivity contribution in [2.45, 2.75) is 52.4 Å². The van der Waals surface area contributed by atoms with Crippen molar-refractivity contribution in [2.24, 2.45) is 0 Å². The van der Waals surface area contributed by atoms with Gasteiger partial charge < -0.3 is 10.2 Å². The third kappa shape index (κ3) is 9.09. The van der Waals surface area contributed by atoms with Crippen molar-refractivity contribution in [2.75, 3.05) is 0 Å². The molecule has 2 aromatic carbocycles. The minimum Gasteiger partial charge on any atom is -0.478 e. The Morgan fingerprint density at radius 1 is 0.571 bits per heavy atom. The van der Waals surface area contributed by atoms with E-state index in [-0.39, 0.29) is 45.6 Å². The second kappa shape index (κ2) is 11.4. The number of carboxylic acids is 2. The molecular weight excluding hydrogens is 382 g/mol. The van der Waals surface area contributed by atoms with E-state index in [9.17, 15) is 9.59 Å². The van der Waals surface area contributed by atoms with Gasteiger partial charge in [-0.1, -0.05) is 65.8 Å². The van der Waals surface area contributed by atoms with Crippen molar-refractivity contribution in [1.82, 2.24) is 0 Å². The van der Waals surface area contributed by atoms with Gasteiger partial charge >= 0.3 is 46.7 Å². The molecule has 2 rings (SSSR count). The Hall–Kier alpha value is -1.56. The summed E-state index contributed by atoms with van der Waals surface area (Å²) in [7, 11) is 0. The second-order valence-corrected chi connectivity index (χ2v) is 8.27. The van der Waals surface area contributed by atoms with Gasteiger partial charge in [-0.25, -0.2) is 9.59 Å². The van der Waals surface area contributed by atoms with Crippen LogP contribution >= 0.6 is 0 Å². The summed E-state index contributed by atoms with van der Waals surface area (Å²) in [6.45, 7) is 12.6. The monoisotopic (exact) mass is 410 g/mol. The van der Waals surface area contributed by atoms with Crippen LogP contribution in [0.25, 0.3) is 0 Å². The zero-order valence-corrected chi connectivity index (χ0v) is 19.8. The van der Waals surface area contributed by atoms with Crippen LogP contribution < -0.4 is 0 Å². The van der Waals surface area contributed by atoms with Crippen LogP contribution in [0.1, 0.15) is 73.4 Å². The summed E-state index contributed by atoms with van der Waals surface area (Å²) in [5.41, 5.74) is 3.14. The average molecular weight is 410 g/mol. The third-order valence-corrected chi connectivity index (χ3v) is 4.00. The number of benzene rings is 2. The summed E-state index contributed by atoms with van der Waals surface area (Å²) < 4.78 is 0. The van der Waals surface area contributed by atoms with E-state index in [1.54, 1.807) is 24.3 Å². The van der Waals surface area contributed by atoms with Crippen LogP contribution in [0.5, 0.6) is 0 Å². The Bertz CT molecular complexity index is 686. The summed E-state index contributed by atoms with van der Waals surface area (Å²) in [5, 5.41) is 17.4. The largest absolute Gasteiger partial charge is 3.00 e. The number of rotatable bonds is 2. The first kappa shape index (κ1) is 28.7. The van der Waals surface area contributed by atoms with Gasteiger partial charge in [0.1, 0.15) is 0 Å². The Morgan fingerprint density at radius 3 is 0.929 bits per heavy atom. The first-order chi connectivity index (χ1) is 11.8. The molecule has 0 heterocycles. The van der Waals surface area contributed by atoms with E-state index in [1.807, 2.05) is 24.3 Å². The van der Waals surface area contributed by atoms with E-state index in [4.69, 9.17) is 10.2 Å². The predicted octanol–water partition coefficient (Wildman–Crippen LogP) is 4.60. The molecule has 0 amide bonds. The summed E-state index contributed by atoms with van der Waals surface area (Å²) in [5.74, 6) is -1.75. The molecule has 0 unspecified atom stereocenters. The molecule has 6 heteroatoms. The average Bonchev–Trinajstić information content (AvgIpc) is 2.54.